The van der Waals surface area contributed by atoms with Crippen LogP contribution in [-0.2, 0) is 0 Å². The smallest absolute Gasteiger partial charge is 0.143 e. The first-order valence-electron chi connectivity index (χ1n) is 16.4. The van der Waals surface area contributed by atoms with Crippen LogP contribution in [0.1, 0.15) is 0 Å². The summed E-state index contributed by atoms with van der Waals surface area (Å²) in [5.41, 5.74) is 11.9. The number of nitrogens with zero attached hydrogens (tertiary/aromatic N) is 1. The lowest BCUT2D eigenvalue weighted by molar-refractivity contribution is 0.670. The van der Waals surface area contributed by atoms with Gasteiger partial charge in [-0.1, -0.05) is 158 Å². The molecule has 0 N–H and O–H groups in total. The second-order valence-electron chi connectivity index (χ2n) is 12.1. The monoisotopic (exact) mass is 613 g/mol. The van der Waals surface area contributed by atoms with Gasteiger partial charge in [0.25, 0.3) is 0 Å². The Morgan fingerprint density at radius 2 is 0.917 bits per heavy atom. The van der Waals surface area contributed by atoms with Crippen LogP contribution in [0.2, 0.25) is 0 Å². The van der Waals surface area contributed by atoms with E-state index in [9.17, 15) is 0 Å². The molecule has 0 aliphatic carbocycles. The highest BCUT2D eigenvalue weighted by Crippen LogP contribution is 2.47. The molecule has 0 aliphatic heterocycles. The fourth-order valence-corrected chi connectivity index (χ4v) is 7.08. The normalized spacial score (nSPS) is 11.3. The van der Waals surface area contributed by atoms with E-state index in [4.69, 9.17) is 4.42 Å². The first kappa shape index (κ1) is 27.9. The average Bonchev–Trinajstić information content (AvgIpc) is 3.55. The van der Waals surface area contributed by atoms with E-state index in [1.54, 1.807) is 0 Å². The lowest BCUT2D eigenvalue weighted by Gasteiger charge is -2.30. The van der Waals surface area contributed by atoms with Gasteiger partial charge in [0.1, 0.15) is 11.2 Å². The van der Waals surface area contributed by atoms with Crippen molar-refractivity contribution in [2.24, 2.45) is 0 Å². The van der Waals surface area contributed by atoms with Gasteiger partial charge in [0.05, 0.1) is 11.4 Å². The largest absolute Gasteiger partial charge is 0.455 e. The second-order valence-corrected chi connectivity index (χ2v) is 12.1. The van der Waals surface area contributed by atoms with Crippen LogP contribution < -0.4 is 4.90 Å². The maximum atomic E-state index is 6.58. The Morgan fingerprint density at radius 3 is 1.79 bits per heavy atom. The Balaban J connectivity index is 1.31. The third kappa shape index (κ3) is 4.74. The summed E-state index contributed by atoms with van der Waals surface area (Å²) in [6, 6.07) is 66.9. The SMILES string of the molecule is c1ccc(-c2ccccc2N(c2cccc(-c3cccc4ccccc34)c2)c2ccccc2-c2cccc3c2oc2ccccc23)cc1. The molecule has 9 aromatic rings. The van der Waals surface area contributed by atoms with E-state index in [1.807, 2.05) is 12.1 Å². The average molecular weight is 614 g/mol. The standard InChI is InChI=1S/C46H31NO/c1-2-15-33(16-3-1)38-22-6-9-28-43(38)47(35-20-12-19-34(31-35)37-25-13-18-32-17-4-5-21-36(32)37)44-29-10-7-23-39(44)41-26-14-27-42-40-24-8-11-30-45(40)48-46(41)42/h1-31H. The molecule has 8 aromatic carbocycles. The molecular weight excluding hydrogens is 583 g/mol. The van der Waals surface area contributed by atoms with E-state index in [2.05, 4.69) is 181 Å². The van der Waals surface area contributed by atoms with Crippen LogP contribution in [0, 0.1) is 0 Å². The molecule has 2 heteroatoms. The van der Waals surface area contributed by atoms with Crippen LogP contribution >= 0.6 is 0 Å². The number of fused-ring (bicyclic) bond motifs is 4. The van der Waals surface area contributed by atoms with Crippen LogP contribution in [0.25, 0.3) is 66.1 Å². The second kappa shape index (κ2) is 11.8. The molecule has 0 fully saturated rings. The summed E-state index contributed by atoms with van der Waals surface area (Å²) >= 11 is 0. The summed E-state index contributed by atoms with van der Waals surface area (Å²) in [6.45, 7) is 0. The number of rotatable bonds is 6. The predicted molar refractivity (Wildman–Crippen MR) is 202 cm³/mol. The molecule has 0 saturated carbocycles. The van der Waals surface area contributed by atoms with Crippen LogP contribution in [-0.4, -0.2) is 0 Å². The van der Waals surface area contributed by atoms with Gasteiger partial charge in [0.2, 0.25) is 0 Å². The Bertz CT molecular complexity index is 2570. The highest BCUT2D eigenvalue weighted by atomic mass is 16.3. The van der Waals surface area contributed by atoms with Crippen molar-refractivity contribution in [2.45, 2.75) is 0 Å². The van der Waals surface area contributed by atoms with Crippen molar-refractivity contribution in [3.63, 3.8) is 0 Å². The van der Waals surface area contributed by atoms with Crippen molar-refractivity contribution in [1.82, 2.24) is 0 Å². The Kier molecular flexibility index (Phi) is 6.84. The number of para-hydroxylation sites is 4. The molecule has 0 atom stereocenters. The fraction of sp³-hybridized carbons (Fsp3) is 0. The number of hydrogen-bond acceptors (Lipinski definition) is 2. The molecule has 0 radical (unpaired) electrons. The minimum Gasteiger partial charge on any atom is -0.455 e. The molecule has 0 aliphatic rings. The minimum atomic E-state index is 0.895. The lowest BCUT2D eigenvalue weighted by Crippen LogP contribution is -2.12. The Hall–Kier alpha value is -6.38. The molecule has 1 aromatic heterocycles. The number of furan rings is 1. The van der Waals surface area contributed by atoms with Gasteiger partial charge in [-0.25, -0.2) is 0 Å². The van der Waals surface area contributed by atoms with Gasteiger partial charge in [-0.05, 0) is 57.8 Å². The molecule has 48 heavy (non-hydrogen) atoms. The predicted octanol–water partition coefficient (Wildman–Crippen LogP) is 13.2. The zero-order chi connectivity index (χ0) is 31.9. The molecule has 9 rings (SSSR count). The van der Waals surface area contributed by atoms with Gasteiger partial charge in [0.15, 0.2) is 0 Å². The number of hydrogen-bond donors (Lipinski definition) is 0. The van der Waals surface area contributed by atoms with Crippen LogP contribution in [0.3, 0.4) is 0 Å². The molecule has 1 heterocycles. The highest BCUT2D eigenvalue weighted by molar-refractivity contribution is 6.11. The summed E-state index contributed by atoms with van der Waals surface area (Å²) in [6.07, 6.45) is 0. The summed E-state index contributed by atoms with van der Waals surface area (Å²) in [5, 5.41) is 4.72. The van der Waals surface area contributed by atoms with Gasteiger partial charge in [-0.3, -0.25) is 0 Å². The van der Waals surface area contributed by atoms with Gasteiger partial charge in [-0.15, -0.1) is 0 Å². The molecule has 2 nitrogen and oxygen atoms in total. The third-order valence-corrected chi connectivity index (χ3v) is 9.27. The van der Waals surface area contributed by atoms with Crippen molar-refractivity contribution in [3.05, 3.63) is 188 Å². The van der Waals surface area contributed by atoms with E-state index < -0.39 is 0 Å². The topological polar surface area (TPSA) is 16.4 Å². The van der Waals surface area contributed by atoms with Gasteiger partial charge < -0.3 is 9.32 Å². The molecule has 226 valence electrons. The Morgan fingerprint density at radius 1 is 0.354 bits per heavy atom. The van der Waals surface area contributed by atoms with Crippen molar-refractivity contribution in [3.8, 4) is 33.4 Å². The van der Waals surface area contributed by atoms with Crippen LogP contribution in [0.15, 0.2) is 192 Å². The zero-order valence-electron chi connectivity index (χ0n) is 26.3. The molecule has 0 spiro atoms. The quantitative estimate of drug-likeness (QED) is 0.185. The molecular formula is C46H31NO. The van der Waals surface area contributed by atoms with Crippen molar-refractivity contribution < 1.29 is 4.42 Å². The lowest BCUT2D eigenvalue weighted by atomic mass is 9.96. The summed E-state index contributed by atoms with van der Waals surface area (Å²) in [4.78, 5) is 2.41. The van der Waals surface area contributed by atoms with Crippen LogP contribution in [0.4, 0.5) is 17.1 Å². The van der Waals surface area contributed by atoms with E-state index in [-0.39, 0.29) is 0 Å². The van der Waals surface area contributed by atoms with Crippen LogP contribution in [0.5, 0.6) is 0 Å². The molecule has 0 amide bonds. The summed E-state index contributed by atoms with van der Waals surface area (Å²) in [7, 11) is 0. The van der Waals surface area contributed by atoms with E-state index >= 15 is 0 Å². The fourth-order valence-electron chi connectivity index (χ4n) is 7.08. The van der Waals surface area contributed by atoms with Gasteiger partial charge in [0, 0.05) is 33.2 Å². The van der Waals surface area contributed by atoms with Gasteiger partial charge in [-0.2, -0.15) is 0 Å². The van der Waals surface area contributed by atoms with Gasteiger partial charge >= 0.3 is 0 Å². The van der Waals surface area contributed by atoms with Crippen molar-refractivity contribution in [1.29, 1.82) is 0 Å². The highest BCUT2D eigenvalue weighted by Gasteiger charge is 2.22. The third-order valence-electron chi connectivity index (χ3n) is 9.27. The first-order chi connectivity index (χ1) is 23.8. The van der Waals surface area contributed by atoms with Crippen molar-refractivity contribution >= 4 is 49.8 Å². The maximum Gasteiger partial charge on any atom is 0.143 e. The molecule has 0 unspecified atom stereocenters. The van der Waals surface area contributed by atoms with E-state index in [1.165, 1.54) is 27.5 Å². The number of anilines is 3. The number of benzene rings is 8. The summed E-state index contributed by atoms with van der Waals surface area (Å²) in [5.74, 6) is 0. The molecule has 0 bridgehead atoms. The van der Waals surface area contributed by atoms with E-state index in [0.29, 0.717) is 0 Å². The molecule has 0 saturated heterocycles. The first-order valence-corrected chi connectivity index (χ1v) is 16.4. The Labute approximate surface area is 279 Å². The van der Waals surface area contributed by atoms with E-state index in [0.717, 1.165) is 55.7 Å². The zero-order valence-corrected chi connectivity index (χ0v) is 26.3. The minimum absolute atomic E-state index is 0.895. The maximum absolute atomic E-state index is 6.58. The van der Waals surface area contributed by atoms with Crippen molar-refractivity contribution in [2.75, 3.05) is 4.90 Å². The summed E-state index contributed by atoms with van der Waals surface area (Å²) < 4.78 is 6.58.